The average molecular weight is 454 g/mol. The van der Waals surface area contributed by atoms with Gasteiger partial charge in [0.15, 0.2) is 0 Å². The van der Waals surface area contributed by atoms with Crippen LogP contribution in [-0.2, 0) is 0 Å². The zero-order valence-electron chi connectivity index (χ0n) is 20.6. The largest absolute Gasteiger partial charge is 0.349 e. The van der Waals surface area contributed by atoms with Crippen molar-refractivity contribution < 1.29 is 9.59 Å². The van der Waals surface area contributed by atoms with Crippen molar-refractivity contribution in [1.29, 1.82) is 0 Å². The second-order valence-electron chi connectivity index (χ2n) is 12.3. The summed E-state index contributed by atoms with van der Waals surface area (Å²) in [5.74, 6) is -0.374. The quantitative estimate of drug-likeness (QED) is 0.670. The van der Waals surface area contributed by atoms with E-state index in [1.54, 1.807) is 17.3 Å². The maximum atomic E-state index is 13.9. The van der Waals surface area contributed by atoms with Gasteiger partial charge in [-0.15, -0.1) is 0 Å². The molecule has 33 heavy (non-hydrogen) atoms. The molecule has 2 aliphatic heterocycles. The number of amides is 2. The Bertz CT molecular complexity index is 1000. The molecule has 2 amide bonds. The van der Waals surface area contributed by atoms with Crippen molar-refractivity contribution in [3.05, 3.63) is 33.7 Å². The minimum Gasteiger partial charge on any atom is -0.349 e. The Kier molecular flexibility index (Phi) is 5.69. The van der Waals surface area contributed by atoms with Crippen LogP contribution in [0.1, 0.15) is 112 Å². The van der Waals surface area contributed by atoms with E-state index in [0.717, 1.165) is 64.2 Å². The first-order valence-electron chi connectivity index (χ1n) is 13.0. The van der Waals surface area contributed by atoms with Crippen LogP contribution in [0.3, 0.4) is 0 Å². The Balaban J connectivity index is 1.52. The van der Waals surface area contributed by atoms with Crippen LogP contribution in [-0.4, -0.2) is 51.9 Å². The maximum Gasteiger partial charge on any atom is 0.259 e. The molecule has 6 heteroatoms. The zero-order valence-corrected chi connectivity index (χ0v) is 20.6. The summed E-state index contributed by atoms with van der Waals surface area (Å²) < 4.78 is 2.02. The highest BCUT2D eigenvalue weighted by Crippen LogP contribution is 2.52. The minimum absolute atomic E-state index is 0.105. The smallest absolute Gasteiger partial charge is 0.259 e. The summed E-state index contributed by atoms with van der Waals surface area (Å²) in [6, 6.07) is 0.436. The number of hydrogen-bond acceptors (Lipinski definition) is 3. The first kappa shape index (κ1) is 22.7. The third-order valence-corrected chi connectivity index (χ3v) is 8.57. The molecule has 0 spiro atoms. The van der Waals surface area contributed by atoms with Crippen LogP contribution in [0.2, 0.25) is 0 Å². The number of carbonyl (C=O) groups is 2. The highest BCUT2D eigenvalue weighted by Gasteiger charge is 2.51. The van der Waals surface area contributed by atoms with Crippen molar-refractivity contribution in [2.45, 2.75) is 97.1 Å². The lowest BCUT2D eigenvalue weighted by Crippen LogP contribution is -2.42. The van der Waals surface area contributed by atoms with Crippen molar-refractivity contribution in [3.8, 4) is 0 Å². The van der Waals surface area contributed by atoms with Crippen molar-refractivity contribution in [2.75, 3.05) is 19.6 Å². The van der Waals surface area contributed by atoms with Crippen LogP contribution in [0.4, 0.5) is 0 Å². The lowest BCUT2D eigenvalue weighted by Gasteiger charge is -2.39. The first-order valence-corrected chi connectivity index (χ1v) is 13.0. The van der Waals surface area contributed by atoms with E-state index in [1.165, 1.54) is 0 Å². The molecule has 2 unspecified atom stereocenters. The Hall–Kier alpha value is -2.11. The molecule has 0 aromatic carbocycles. The van der Waals surface area contributed by atoms with Crippen LogP contribution in [0.15, 0.2) is 17.2 Å². The second kappa shape index (κ2) is 8.28. The standard InChI is InChI=1S/C27H39N3O3/c1-26(2)13-20-14-27(3,17-26)18-30(20)25(33)22-16-29(19-9-5-6-10-19)15-21(23(22)31)24(32)28-11-7-4-8-12-28/h15-16,19-20H,4-14,17-18H2,1-3H3. The summed E-state index contributed by atoms with van der Waals surface area (Å²) in [7, 11) is 0. The van der Waals surface area contributed by atoms with E-state index < -0.39 is 0 Å². The summed E-state index contributed by atoms with van der Waals surface area (Å²) in [6.07, 6.45) is 14.0. The normalized spacial score (nSPS) is 29.5. The molecule has 6 nitrogen and oxygen atoms in total. The molecule has 0 radical (unpaired) electrons. The Morgan fingerprint density at radius 1 is 0.848 bits per heavy atom. The summed E-state index contributed by atoms with van der Waals surface area (Å²) in [5.41, 5.74) is 0.300. The summed E-state index contributed by atoms with van der Waals surface area (Å²) in [5, 5.41) is 0. The van der Waals surface area contributed by atoms with E-state index in [-0.39, 0.29) is 51.3 Å². The summed E-state index contributed by atoms with van der Waals surface area (Å²) in [4.78, 5) is 44.6. The number of pyridine rings is 1. The molecule has 2 atom stereocenters. The molecular formula is C27H39N3O3. The molecule has 1 aromatic heterocycles. The third-order valence-electron chi connectivity index (χ3n) is 8.57. The molecule has 3 heterocycles. The first-order chi connectivity index (χ1) is 15.7. The van der Waals surface area contributed by atoms with Crippen molar-refractivity contribution in [1.82, 2.24) is 14.4 Å². The number of nitrogens with zero attached hydrogens (tertiary/aromatic N) is 3. The third kappa shape index (κ3) is 4.26. The molecule has 2 saturated heterocycles. The van der Waals surface area contributed by atoms with Gasteiger partial charge in [0.05, 0.1) is 0 Å². The number of hydrogen-bond donors (Lipinski definition) is 0. The fraction of sp³-hybridized carbons (Fsp3) is 0.741. The van der Waals surface area contributed by atoms with E-state index >= 15 is 0 Å². The fourth-order valence-electron chi connectivity index (χ4n) is 7.44. The molecular weight excluding hydrogens is 414 g/mol. The molecule has 1 aromatic rings. The van der Waals surface area contributed by atoms with Crippen LogP contribution >= 0.6 is 0 Å². The van der Waals surface area contributed by atoms with Gasteiger partial charge in [0.25, 0.3) is 11.8 Å². The number of fused-ring (bicyclic) bond motifs is 2. The van der Waals surface area contributed by atoms with Crippen LogP contribution in [0.5, 0.6) is 0 Å². The lowest BCUT2D eigenvalue weighted by atomic mass is 9.65. The maximum absolute atomic E-state index is 13.9. The molecule has 2 saturated carbocycles. The molecule has 2 bridgehead atoms. The van der Waals surface area contributed by atoms with Gasteiger partial charge < -0.3 is 14.4 Å². The van der Waals surface area contributed by atoms with Gasteiger partial charge in [-0.05, 0) is 62.2 Å². The zero-order chi connectivity index (χ0) is 23.4. The van der Waals surface area contributed by atoms with E-state index in [0.29, 0.717) is 19.6 Å². The van der Waals surface area contributed by atoms with Crippen molar-refractivity contribution in [2.24, 2.45) is 10.8 Å². The lowest BCUT2D eigenvalue weighted by molar-refractivity contribution is 0.0705. The highest BCUT2D eigenvalue weighted by molar-refractivity contribution is 5.99. The molecule has 5 rings (SSSR count). The van der Waals surface area contributed by atoms with Crippen molar-refractivity contribution >= 4 is 11.8 Å². The Morgan fingerprint density at radius 2 is 1.48 bits per heavy atom. The Morgan fingerprint density at radius 3 is 2.15 bits per heavy atom. The monoisotopic (exact) mass is 453 g/mol. The number of carbonyl (C=O) groups excluding carboxylic acids is 2. The van der Waals surface area contributed by atoms with Gasteiger partial charge in [-0.2, -0.15) is 0 Å². The molecule has 0 N–H and O–H groups in total. The molecule has 4 fully saturated rings. The van der Waals surface area contributed by atoms with Gasteiger partial charge in [0, 0.05) is 44.1 Å². The van der Waals surface area contributed by atoms with Crippen LogP contribution in [0, 0.1) is 10.8 Å². The molecule has 180 valence electrons. The van der Waals surface area contributed by atoms with Gasteiger partial charge in [-0.3, -0.25) is 14.4 Å². The summed E-state index contributed by atoms with van der Waals surface area (Å²) in [6.45, 7) is 8.95. The van der Waals surface area contributed by atoms with E-state index in [2.05, 4.69) is 20.8 Å². The molecule has 4 aliphatic rings. The predicted molar refractivity (Wildman–Crippen MR) is 129 cm³/mol. The second-order valence-corrected chi connectivity index (χ2v) is 12.3. The Labute approximate surface area is 197 Å². The van der Waals surface area contributed by atoms with Gasteiger partial charge in [-0.1, -0.05) is 33.6 Å². The fourth-order valence-corrected chi connectivity index (χ4v) is 7.44. The average Bonchev–Trinajstić information content (AvgIpc) is 3.39. The van der Waals surface area contributed by atoms with Gasteiger partial charge in [0.1, 0.15) is 11.1 Å². The van der Waals surface area contributed by atoms with Gasteiger partial charge in [-0.25, -0.2) is 0 Å². The van der Waals surface area contributed by atoms with E-state index in [1.807, 2.05) is 9.47 Å². The predicted octanol–water partition coefficient (Wildman–Crippen LogP) is 4.63. The topological polar surface area (TPSA) is 62.6 Å². The molecule has 2 aliphatic carbocycles. The highest BCUT2D eigenvalue weighted by atomic mass is 16.2. The summed E-state index contributed by atoms with van der Waals surface area (Å²) >= 11 is 0. The van der Waals surface area contributed by atoms with E-state index in [4.69, 9.17) is 0 Å². The number of aromatic nitrogens is 1. The van der Waals surface area contributed by atoms with E-state index in [9.17, 15) is 14.4 Å². The van der Waals surface area contributed by atoms with Crippen LogP contribution < -0.4 is 5.43 Å². The number of rotatable bonds is 3. The van der Waals surface area contributed by atoms with Crippen molar-refractivity contribution in [3.63, 3.8) is 0 Å². The van der Waals surface area contributed by atoms with Gasteiger partial charge >= 0.3 is 0 Å². The number of likely N-dealkylation sites (tertiary alicyclic amines) is 2. The van der Waals surface area contributed by atoms with Crippen LogP contribution in [0.25, 0.3) is 0 Å². The minimum atomic E-state index is -0.379. The van der Waals surface area contributed by atoms with Gasteiger partial charge in [0.2, 0.25) is 5.43 Å². The SMILES string of the molecule is CC1(C)CC2CC(C)(CN2C(=O)c2cn(C3CCCC3)cc(C(=O)N3CCCCC3)c2=O)C1. The number of piperidine rings is 1.